The molecular formula is C17H17SY-. The molecule has 0 spiro atoms. The molecule has 1 aliphatic carbocycles. The molecule has 0 N–H and O–H groups in total. The Morgan fingerprint density at radius 2 is 1.79 bits per heavy atom. The summed E-state index contributed by atoms with van der Waals surface area (Å²) >= 11 is 1.83. The molecule has 0 bridgehead atoms. The number of rotatable bonds is 1. The fraction of sp³-hybridized carbons (Fsp3) is 0.235. The van der Waals surface area contributed by atoms with Crippen LogP contribution in [0.4, 0.5) is 0 Å². The predicted molar refractivity (Wildman–Crippen MR) is 80.4 cm³/mol. The fourth-order valence-electron chi connectivity index (χ4n) is 2.65. The topological polar surface area (TPSA) is 0 Å². The molecule has 1 aromatic carbocycles. The van der Waals surface area contributed by atoms with Crippen molar-refractivity contribution in [1.29, 1.82) is 0 Å². The van der Waals surface area contributed by atoms with Gasteiger partial charge in [-0.3, -0.25) is 0 Å². The van der Waals surface area contributed by atoms with Gasteiger partial charge in [-0.1, -0.05) is 32.9 Å². The maximum Gasteiger partial charge on any atom is 0.0290 e. The van der Waals surface area contributed by atoms with Crippen molar-refractivity contribution in [1.82, 2.24) is 0 Å². The van der Waals surface area contributed by atoms with Crippen molar-refractivity contribution in [3.05, 3.63) is 63.7 Å². The summed E-state index contributed by atoms with van der Waals surface area (Å²) in [6, 6.07) is 13.0. The van der Waals surface area contributed by atoms with Gasteiger partial charge in [-0.25, -0.2) is 0 Å². The quantitative estimate of drug-likeness (QED) is 0.620. The third-order valence-corrected chi connectivity index (χ3v) is 4.97. The molecule has 1 heterocycles. The normalized spacial score (nSPS) is 16.4. The molecule has 2 heteroatoms. The summed E-state index contributed by atoms with van der Waals surface area (Å²) in [5.74, 6) is 1.46. The third kappa shape index (κ3) is 2.49. The van der Waals surface area contributed by atoms with Crippen LogP contribution >= 0.6 is 11.3 Å². The molecular weight excluding hydrogens is 325 g/mol. The molecule has 1 aliphatic rings. The molecule has 0 atom stereocenters. The molecule has 0 aliphatic heterocycles. The second-order valence-electron chi connectivity index (χ2n) is 5.37. The first-order valence-electron chi connectivity index (χ1n) is 6.30. The van der Waals surface area contributed by atoms with Gasteiger partial charge in [0.25, 0.3) is 0 Å². The van der Waals surface area contributed by atoms with Crippen LogP contribution in [-0.2, 0) is 32.7 Å². The van der Waals surface area contributed by atoms with Crippen LogP contribution in [0.15, 0.2) is 41.8 Å². The van der Waals surface area contributed by atoms with E-state index in [1.807, 2.05) is 11.3 Å². The summed E-state index contributed by atoms with van der Waals surface area (Å²) in [7, 11) is 0. The Balaban J connectivity index is 0.00000133. The Labute approximate surface area is 144 Å². The van der Waals surface area contributed by atoms with Crippen LogP contribution in [-0.4, -0.2) is 0 Å². The van der Waals surface area contributed by atoms with E-state index in [0.717, 1.165) is 0 Å². The molecule has 2 aromatic rings. The van der Waals surface area contributed by atoms with E-state index in [9.17, 15) is 0 Å². The largest absolute Gasteiger partial charge is 0.181 e. The summed E-state index contributed by atoms with van der Waals surface area (Å²) in [5, 5.41) is 2.15. The van der Waals surface area contributed by atoms with Crippen LogP contribution in [0.3, 0.4) is 0 Å². The van der Waals surface area contributed by atoms with Crippen molar-refractivity contribution in [3.63, 3.8) is 0 Å². The number of allylic oxidation sites excluding steroid dienone is 1. The van der Waals surface area contributed by atoms with Gasteiger partial charge in [-0.15, -0.1) is 35.1 Å². The van der Waals surface area contributed by atoms with E-state index in [0.29, 0.717) is 0 Å². The van der Waals surface area contributed by atoms with Crippen molar-refractivity contribution in [2.75, 3.05) is 0 Å². The average molecular weight is 342 g/mol. The Morgan fingerprint density at radius 3 is 2.47 bits per heavy atom. The second-order valence-corrected chi connectivity index (χ2v) is 6.32. The van der Waals surface area contributed by atoms with Crippen molar-refractivity contribution in [2.24, 2.45) is 5.41 Å². The molecule has 95 valence electrons. The van der Waals surface area contributed by atoms with E-state index < -0.39 is 0 Å². The van der Waals surface area contributed by atoms with Crippen molar-refractivity contribution < 1.29 is 32.7 Å². The molecule has 19 heavy (non-hydrogen) atoms. The fourth-order valence-corrected chi connectivity index (χ4v) is 3.55. The zero-order chi connectivity index (χ0) is 12.8. The summed E-state index contributed by atoms with van der Waals surface area (Å²) in [6.07, 6.45) is 2.36. The number of hydrogen-bond acceptors (Lipinski definition) is 1. The van der Waals surface area contributed by atoms with E-state index in [1.54, 1.807) is 0 Å². The minimum atomic E-state index is 0. The van der Waals surface area contributed by atoms with Gasteiger partial charge >= 0.3 is 0 Å². The third-order valence-electron chi connectivity index (χ3n) is 4.06. The van der Waals surface area contributed by atoms with Gasteiger partial charge in [0.15, 0.2) is 0 Å². The summed E-state index contributed by atoms with van der Waals surface area (Å²) in [4.78, 5) is 1.38. The Bertz CT molecular complexity index is 593. The smallest absolute Gasteiger partial charge is 0.0290 e. The first-order chi connectivity index (χ1) is 8.60. The molecule has 0 fully saturated rings. The van der Waals surface area contributed by atoms with Crippen molar-refractivity contribution in [2.45, 2.75) is 20.8 Å². The second kappa shape index (κ2) is 5.56. The number of thiophene rings is 1. The Kier molecular flexibility index (Phi) is 4.40. The Morgan fingerprint density at radius 1 is 1.05 bits per heavy atom. The van der Waals surface area contributed by atoms with E-state index >= 15 is 0 Å². The molecule has 1 aromatic heterocycles. The van der Waals surface area contributed by atoms with Gasteiger partial charge in [0.2, 0.25) is 0 Å². The monoisotopic (exact) mass is 342 g/mol. The maximum atomic E-state index is 2.36. The Hall–Kier alpha value is -0.366. The van der Waals surface area contributed by atoms with E-state index in [4.69, 9.17) is 0 Å². The molecule has 0 saturated heterocycles. The van der Waals surface area contributed by atoms with Crippen LogP contribution in [0.2, 0.25) is 0 Å². The molecule has 0 amide bonds. The summed E-state index contributed by atoms with van der Waals surface area (Å²) in [5.41, 5.74) is 4.29. The van der Waals surface area contributed by atoms with Crippen molar-refractivity contribution >= 4 is 23.0 Å². The molecule has 0 nitrogen and oxygen atoms in total. The zero-order valence-corrected chi connectivity index (χ0v) is 15.3. The molecule has 0 saturated carbocycles. The van der Waals surface area contributed by atoms with Crippen LogP contribution in [0, 0.1) is 11.3 Å². The summed E-state index contributed by atoms with van der Waals surface area (Å²) in [6.45, 7) is 6.91. The van der Waals surface area contributed by atoms with Gasteiger partial charge in [-0.05, 0) is 22.4 Å². The number of fused-ring (bicyclic) bond motifs is 1. The zero-order valence-electron chi connectivity index (χ0n) is 11.6. The standard InChI is InChI=1S/C17H17S.Y/c1-12-14-8-5-4-7-13(14)11-15(17(12,2)3)16-9-6-10-18-16;/h4-11H,1-3H3;/q-1;. The summed E-state index contributed by atoms with van der Waals surface area (Å²) < 4.78 is 0. The minimum Gasteiger partial charge on any atom is -0.181 e. The van der Waals surface area contributed by atoms with Gasteiger partial charge in [0, 0.05) is 37.6 Å². The molecule has 1 radical (unpaired) electrons. The first kappa shape index (κ1) is 15.0. The average Bonchev–Trinajstić information content (AvgIpc) is 2.87. The first-order valence-corrected chi connectivity index (χ1v) is 7.18. The van der Waals surface area contributed by atoms with E-state index in [-0.39, 0.29) is 38.1 Å². The molecule has 0 unspecified atom stereocenters. The van der Waals surface area contributed by atoms with E-state index in [2.05, 4.69) is 68.6 Å². The van der Waals surface area contributed by atoms with Crippen LogP contribution in [0.25, 0.3) is 11.6 Å². The van der Waals surface area contributed by atoms with Crippen molar-refractivity contribution in [3.8, 4) is 0 Å². The predicted octanol–water partition coefficient (Wildman–Crippen LogP) is 5.27. The maximum absolute atomic E-state index is 2.36. The van der Waals surface area contributed by atoms with Gasteiger partial charge in [0.05, 0.1) is 0 Å². The van der Waals surface area contributed by atoms with Gasteiger partial charge in [-0.2, -0.15) is 17.5 Å². The van der Waals surface area contributed by atoms with Crippen LogP contribution in [0.1, 0.15) is 36.8 Å². The van der Waals surface area contributed by atoms with Gasteiger partial charge in [0.1, 0.15) is 0 Å². The SMILES string of the molecule is C[C-]1c2ccccc2C=C(c2cccs2)C1(C)C.[Y]. The van der Waals surface area contributed by atoms with Gasteiger partial charge < -0.3 is 0 Å². The number of hydrogen-bond donors (Lipinski definition) is 0. The number of benzene rings is 1. The minimum absolute atomic E-state index is 0. The van der Waals surface area contributed by atoms with E-state index in [1.165, 1.54) is 27.5 Å². The van der Waals surface area contributed by atoms with Crippen LogP contribution < -0.4 is 0 Å². The van der Waals surface area contributed by atoms with Crippen LogP contribution in [0.5, 0.6) is 0 Å². The molecule has 3 rings (SSSR count).